The van der Waals surface area contributed by atoms with Crippen LogP contribution in [-0.2, 0) is 33.3 Å². The standard InChI is InChI=1S/C88H155NO8/c1-6-8-10-12-14-16-18-20-22-24-26-28-30-32-34-36-38-40-42-43-45-46-48-50-52-54-56-58-60-62-64-66-68-70-72-74-76-78-85(90)95-82-84(83-96-88(87(92)93)94-81-80-89(3,4)5)97-86(91)79-77-75-73-71-69-67-65-63-61-59-57-55-53-51-49-47-44-41-39-37-35-33-31-29-27-25-23-21-19-17-15-13-11-9-7-2/h9,11,15,17-18,20-21,23-24,26-27,29-30,32-33,35,39,41,84,88H,6-8,10,12-14,16,19,22,25,28,31,34,36-38,40,42-83H2,1-5H3/p+1/b11-9-,17-15-,20-18-,23-21-,26-24-,29-27-,32-30-,35-33-,41-39-. The highest BCUT2D eigenvalue weighted by molar-refractivity contribution is 5.71. The summed E-state index contributed by atoms with van der Waals surface area (Å²) >= 11 is 0. The molecule has 2 atom stereocenters. The van der Waals surface area contributed by atoms with Gasteiger partial charge in [0, 0.05) is 12.8 Å². The van der Waals surface area contributed by atoms with Gasteiger partial charge in [-0.25, -0.2) is 4.79 Å². The van der Waals surface area contributed by atoms with Gasteiger partial charge in [-0.15, -0.1) is 0 Å². The van der Waals surface area contributed by atoms with Gasteiger partial charge < -0.3 is 28.5 Å². The van der Waals surface area contributed by atoms with E-state index in [4.69, 9.17) is 18.9 Å². The van der Waals surface area contributed by atoms with Gasteiger partial charge in [0.1, 0.15) is 13.2 Å². The van der Waals surface area contributed by atoms with Gasteiger partial charge in [-0.1, -0.05) is 367 Å². The Bertz CT molecular complexity index is 1970. The van der Waals surface area contributed by atoms with Crippen LogP contribution >= 0.6 is 0 Å². The number of nitrogens with zero attached hydrogens (tertiary/aromatic N) is 1. The Morgan fingerprint density at radius 1 is 0.320 bits per heavy atom. The third-order valence-electron chi connectivity index (χ3n) is 18.0. The van der Waals surface area contributed by atoms with Crippen LogP contribution in [0.2, 0.25) is 0 Å². The Morgan fingerprint density at radius 3 is 0.876 bits per heavy atom. The molecule has 0 spiro atoms. The number of hydrogen-bond acceptors (Lipinski definition) is 7. The molecule has 0 amide bonds. The van der Waals surface area contributed by atoms with Crippen LogP contribution in [0.1, 0.15) is 373 Å². The topological polar surface area (TPSA) is 108 Å². The average Bonchev–Trinajstić information content (AvgIpc) is 3.74. The Morgan fingerprint density at radius 2 is 0.588 bits per heavy atom. The van der Waals surface area contributed by atoms with Gasteiger partial charge in [-0.2, -0.15) is 0 Å². The maximum atomic E-state index is 13.0. The largest absolute Gasteiger partial charge is 0.477 e. The molecule has 0 bridgehead atoms. The maximum Gasteiger partial charge on any atom is 0.361 e. The zero-order valence-electron chi connectivity index (χ0n) is 64.2. The smallest absolute Gasteiger partial charge is 0.361 e. The van der Waals surface area contributed by atoms with Crippen molar-refractivity contribution >= 4 is 17.9 Å². The van der Waals surface area contributed by atoms with E-state index in [1.807, 2.05) is 21.1 Å². The fourth-order valence-corrected chi connectivity index (χ4v) is 11.8. The van der Waals surface area contributed by atoms with Crippen LogP contribution in [0.25, 0.3) is 0 Å². The predicted octanol–water partition coefficient (Wildman–Crippen LogP) is 26.5. The van der Waals surface area contributed by atoms with Crippen LogP contribution in [0.4, 0.5) is 0 Å². The van der Waals surface area contributed by atoms with E-state index in [1.165, 1.54) is 257 Å². The predicted molar refractivity (Wildman–Crippen MR) is 419 cm³/mol. The number of esters is 2. The molecule has 0 saturated heterocycles. The second-order valence-electron chi connectivity index (χ2n) is 28.7. The number of aliphatic carboxylic acids is 1. The number of ether oxygens (including phenoxy) is 4. The Kier molecular flexibility index (Phi) is 74.4. The molecule has 1 N–H and O–H groups in total. The van der Waals surface area contributed by atoms with Gasteiger partial charge in [-0.3, -0.25) is 9.59 Å². The van der Waals surface area contributed by atoms with Crippen molar-refractivity contribution in [3.8, 4) is 0 Å². The highest BCUT2D eigenvalue weighted by atomic mass is 16.7. The van der Waals surface area contributed by atoms with Gasteiger partial charge in [0.25, 0.3) is 6.29 Å². The van der Waals surface area contributed by atoms with E-state index in [0.717, 1.165) is 89.9 Å². The summed E-state index contributed by atoms with van der Waals surface area (Å²) in [5.74, 6) is -1.99. The highest BCUT2D eigenvalue weighted by Crippen LogP contribution is 2.19. The first-order valence-corrected chi connectivity index (χ1v) is 41.1. The van der Waals surface area contributed by atoms with Crippen molar-refractivity contribution in [1.82, 2.24) is 0 Å². The molecule has 9 heteroatoms. The number of rotatable bonds is 76. The first-order chi connectivity index (χ1) is 47.6. The monoisotopic (exact) mass is 1360 g/mol. The summed E-state index contributed by atoms with van der Waals surface area (Å²) in [5.41, 5.74) is 0. The number of carbonyl (C=O) groups is 3. The minimum atomic E-state index is -1.51. The third kappa shape index (κ3) is 79.2. The SMILES string of the molecule is CC/C=C\C/C=C\C/C=C\C/C=C\C/C=C\C/C=C\CCCCCCCCCCCCCCCCCCC(=O)OC(COC(=O)CCCCCCCCCCCCCCCCCCCCCCCC/C=C\C/C=C\C/C=C\CCCCCCC)COC(OCC[N+](C)(C)C)C(=O)O. The molecular formula is C88H156NO8+. The summed E-state index contributed by atoms with van der Waals surface area (Å²) < 4.78 is 23.1. The van der Waals surface area contributed by atoms with Gasteiger partial charge in [0.15, 0.2) is 6.10 Å². The van der Waals surface area contributed by atoms with E-state index in [2.05, 4.69) is 123 Å². The van der Waals surface area contributed by atoms with Crippen molar-refractivity contribution in [2.45, 2.75) is 386 Å². The molecule has 0 rings (SSSR count). The van der Waals surface area contributed by atoms with Crippen molar-refractivity contribution < 1.29 is 42.9 Å². The van der Waals surface area contributed by atoms with Crippen LogP contribution < -0.4 is 0 Å². The minimum Gasteiger partial charge on any atom is -0.477 e. The van der Waals surface area contributed by atoms with Crippen LogP contribution in [0.15, 0.2) is 109 Å². The van der Waals surface area contributed by atoms with Gasteiger partial charge in [0.05, 0.1) is 34.4 Å². The number of carboxylic acids is 1. The quantitative estimate of drug-likeness (QED) is 0.0211. The Balaban J connectivity index is 4.00. The first kappa shape index (κ1) is 93.0. The lowest BCUT2D eigenvalue weighted by Crippen LogP contribution is -2.40. The van der Waals surface area contributed by atoms with E-state index in [9.17, 15) is 19.5 Å². The number of carbonyl (C=O) groups excluding carboxylic acids is 2. The lowest BCUT2D eigenvalue weighted by Gasteiger charge is -2.25. The Hall–Kier alpha value is -4.05. The van der Waals surface area contributed by atoms with Crippen molar-refractivity contribution in [2.75, 3.05) is 47.5 Å². The highest BCUT2D eigenvalue weighted by Gasteiger charge is 2.25. The number of likely N-dealkylation sites (N-methyl/N-ethyl adjacent to an activating group) is 1. The van der Waals surface area contributed by atoms with Gasteiger partial charge >= 0.3 is 17.9 Å². The third-order valence-corrected chi connectivity index (χ3v) is 18.0. The average molecular weight is 1360 g/mol. The molecule has 0 aliphatic rings. The number of carboxylic acid groups (broad SMARTS) is 1. The minimum absolute atomic E-state index is 0.181. The molecule has 0 fully saturated rings. The van der Waals surface area contributed by atoms with Crippen LogP contribution in [0.5, 0.6) is 0 Å². The fraction of sp³-hybridized carbons (Fsp3) is 0.761. The lowest BCUT2D eigenvalue weighted by atomic mass is 10.0. The zero-order chi connectivity index (χ0) is 70.4. The van der Waals surface area contributed by atoms with Crippen molar-refractivity contribution in [2.24, 2.45) is 0 Å². The summed E-state index contributed by atoms with van der Waals surface area (Å²) in [6.07, 6.45) is 107. The van der Waals surface area contributed by atoms with Crippen molar-refractivity contribution in [3.63, 3.8) is 0 Å². The molecule has 0 aliphatic heterocycles. The first-order valence-electron chi connectivity index (χ1n) is 41.1. The second-order valence-corrected chi connectivity index (χ2v) is 28.7. The maximum absolute atomic E-state index is 13.0. The van der Waals surface area contributed by atoms with Crippen LogP contribution in [-0.4, -0.2) is 87.4 Å². The van der Waals surface area contributed by atoms with Crippen LogP contribution in [0, 0.1) is 0 Å². The normalized spacial score (nSPS) is 13.2. The molecule has 97 heavy (non-hydrogen) atoms. The van der Waals surface area contributed by atoms with Crippen molar-refractivity contribution in [3.05, 3.63) is 109 Å². The zero-order valence-corrected chi connectivity index (χ0v) is 64.2. The summed E-state index contributed by atoms with van der Waals surface area (Å²) in [5, 5.41) is 9.78. The molecule has 0 aromatic rings. The fourth-order valence-electron chi connectivity index (χ4n) is 11.8. The summed E-state index contributed by atoms with van der Waals surface area (Å²) in [6.45, 7) is 4.80. The van der Waals surface area contributed by atoms with Crippen LogP contribution in [0.3, 0.4) is 0 Å². The van der Waals surface area contributed by atoms with E-state index < -0.39 is 24.3 Å². The molecule has 2 unspecified atom stereocenters. The summed E-state index contributed by atoms with van der Waals surface area (Å²) in [6, 6.07) is 0. The summed E-state index contributed by atoms with van der Waals surface area (Å²) in [7, 11) is 5.99. The molecular weight excluding hydrogens is 1200 g/mol. The number of quaternary nitrogens is 1. The second kappa shape index (κ2) is 77.7. The van der Waals surface area contributed by atoms with E-state index >= 15 is 0 Å². The van der Waals surface area contributed by atoms with E-state index in [-0.39, 0.29) is 32.2 Å². The Labute approximate surface area is 600 Å². The summed E-state index contributed by atoms with van der Waals surface area (Å²) in [4.78, 5) is 37.8. The van der Waals surface area contributed by atoms with Crippen molar-refractivity contribution in [1.29, 1.82) is 0 Å². The number of allylic oxidation sites excluding steroid dienone is 18. The molecule has 560 valence electrons. The molecule has 0 radical (unpaired) electrons. The number of unbranched alkanes of at least 4 members (excludes halogenated alkanes) is 43. The number of hydrogen-bond donors (Lipinski definition) is 1. The van der Waals surface area contributed by atoms with Gasteiger partial charge in [0.2, 0.25) is 0 Å². The van der Waals surface area contributed by atoms with Gasteiger partial charge in [-0.05, 0) is 103 Å². The van der Waals surface area contributed by atoms with E-state index in [0.29, 0.717) is 17.4 Å². The molecule has 0 aromatic carbocycles. The molecule has 0 aliphatic carbocycles. The van der Waals surface area contributed by atoms with E-state index in [1.54, 1.807) is 0 Å². The molecule has 0 heterocycles. The molecule has 0 aromatic heterocycles. The lowest BCUT2D eigenvalue weighted by molar-refractivity contribution is -0.870. The molecule has 0 saturated carbocycles. The molecule has 9 nitrogen and oxygen atoms in total.